The Kier molecular flexibility index (Phi) is 2.16. The van der Waals surface area contributed by atoms with Crippen LogP contribution in [0.3, 0.4) is 0 Å². The summed E-state index contributed by atoms with van der Waals surface area (Å²) in [5, 5.41) is 9.36. The molecule has 6 heteroatoms. The Hall–Kier alpha value is -0.0300. The molecule has 3 heterocycles. The van der Waals surface area contributed by atoms with Gasteiger partial charge < -0.3 is 9.84 Å². The zero-order valence-corrected chi connectivity index (χ0v) is 7.20. The molecule has 0 aliphatic carbocycles. The van der Waals surface area contributed by atoms with E-state index in [4.69, 9.17) is 18.3 Å². The maximum Gasteiger partial charge on any atom is 0.342 e. The fourth-order valence-corrected chi connectivity index (χ4v) is 2.11. The fourth-order valence-electron chi connectivity index (χ4n) is 0.946. The van der Waals surface area contributed by atoms with Gasteiger partial charge in [0.15, 0.2) is 6.10 Å². The molecule has 0 radical (unpaired) electrons. The molecule has 1 atom stereocenters. The van der Waals surface area contributed by atoms with Gasteiger partial charge >= 0.3 is 14.6 Å². The summed E-state index contributed by atoms with van der Waals surface area (Å²) in [6.07, 6.45) is 1.10. The van der Waals surface area contributed by atoms with Crippen LogP contribution in [0.5, 0.6) is 0 Å². The average molecular weight is 192 g/mol. The second-order valence-electron chi connectivity index (χ2n) is 2.46. The van der Waals surface area contributed by atoms with Crippen molar-refractivity contribution < 1.29 is 23.4 Å². The van der Waals surface area contributed by atoms with Crippen LogP contribution in [0.2, 0.25) is 0 Å². The van der Waals surface area contributed by atoms with Crippen molar-refractivity contribution in [3.63, 3.8) is 0 Å². The number of fused-ring (bicyclic) bond motifs is 1. The van der Waals surface area contributed by atoms with E-state index in [9.17, 15) is 5.11 Å². The summed E-state index contributed by atoms with van der Waals surface area (Å²) in [6.45, 7) is 4.16. The Bertz CT molecular complexity index is 190. The molecule has 3 aliphatic heterocycles. The maximum atomic E-state index is 9.36. The molecule has 3 aliphatic rings. The Balaban J connectivity index is 1.78. The lowest BCUT2D eigenvalue weighted by molar-refractivity contribution is -0.320. The topological polar surface area (TPSA) is 57.2 Å². The Morgan fingerprint density at radius 2 is 2.42 bits per heavy atom. The molecule has 0 saturated carbocycles. The summed E-state index contributed by atoms with van der Waals surface area (Å²) in [7, 11) is -1.29. The van der Waals surface area contributed by atoms with Crippen LogP contribution in [-0.2, 0) is 18.3 Å². The van der Waals surface area contributed by atoms with E-state index in [0.717, 1.165) is 0 Å². The minimum absolute atomic E-state index is 0.251. The van der Waals surface area contributed by atoms with Crippen LogP contribution in [0.1, 0.15) is 0 Å². The molecule has 1 unspecified atom stereocenters. The monoisotopic (exact) mass is 192 g/mol. The van der Waals surface area contributed by atoms with Gasteiger partial charge in [-0.2, -0.15) is 0 Å². The molecule has 3 saturated heterocycles. The van der Waals surface area contributed by atoms with Gasteiger partial charge in [0.25, 0.3) is 0 Å². The van der Waals surface area contributed by atoms with Crippen LogP contribution in [0.15, 0.2) is 12.7 Å². The van der Waals surface area contributed by atoms with E-state index in [2.05, 4.69) is 6.58 Å². The second kappa shape index (κ2) is 3.03. The van der Waals surface area contributed by atoms with E-state index in [1.54, 1.807) is 6.08 Å². The van der Waals surface area contributed by atoms with Gasteiger partial charge in [-0.1, -0.05) is 6.08 Å². The first kappa shape index (κ1) is 8.56. The number of ether oxygens (including phenoxy) is 1. The van der Waals surface area contributed by atoms with Crippen molar-refractivity contribution in [2.45, 2.75) is 12.1 Å². The Morgan fingerprint density at radius 1 is 1.67 bits per heavy atom. The first-order chi connectivity index (χ1) is 5.74. The van der Waals surface area contributed by atoms with E-state index in [-0.39, 0.29) is 6.61 Å². The quantitative estimate of drug-likeness (QED) is 0.399. The van der Waals surface area contributed by atoms with Gasteiger partial charge in [-0.3, -0.25) is 13.6 Å². The van der Waals surface area contributed by atoms with Crippen molar-refractivity contribution in [3.05, 3.63) is 12.7 Å². The van der Waals surface area contributed by atoms with Crippen molar-refractivity contribution in [2.24, 2.45) is 0 Å². The number of hydrogen-bond acceptors (Lipinski definition) is 5. The standard InChI is InChI=1S/C6H9O5P/c1-2-3-8-4-5-6(7)10-12(9-5)11-6/h2,5,7H,1,3-4H2. The third-order valence-corrected chi connectivity index (χ3v) is 2.78. The largest absolute Gasteiger partial charge is 0.374 e. The summed E-state index contributed by atoms with van der Waals surface area (Å²) in [5.41, 5.74) is 0. The Morgan fingerprint density at radius 3 is 2.92 bits per heavy atom. The summed E-state index contributed by atoms with van der Waals surface area (Å²) in [4.78, 5) is 0. The zero-order chi connectivity index (χ0) is 8.60. The van der Waals surface area contributed by atoms with E-state index >= 15 is 0 Å². The van der Waals surface area contributed by atoms with Crippen molar-refractivity contribution in [1.29, 1.82) is 0 Å². The van der Waals surface area contributed by atoms with Gasteiger partial charge in [-0.25, -0.2) is 0 Å². The van der Waals surface area contributed by atoms with Crippen LogP contribution < -0.4 is 0 Å². The predicted octanol–water partition coefficient (Wildman–Crippen LogP) is 0.508. The lowest BCUT2D eigenvalue weighted by atomic mass is 10.3. The molecule has 0 aromatic rings. The molecular weight excluding hydrogens is 183 g/mol. The van der Waals surface area contributed by atoms with Crippen molar-refractivity contribution in [2.75, 3.05) is 13.2 Å². The SMILES string of the molecule is C=CCOCC1OP2OC1(O)O2. The lowest BCUT2D eigenvalue weighted by Crippen LogP contribution is -2.45. The third-order valence-electron chi connectivity index (χ3n) is 1.54. The number of hydrogen-bond donors (Lipinski definition) is 1. The molecule has 5 nitrogen and oxygen atoms in total. The van der Waals surface area contributed by atoms with Gasteiger partial charge in [0.05, 0.1) is 13.2 Å². The second-order valence-corrected chi connectivity index (χ2v) is 3.48. The van der Waals surface area contributed by atoms with E-state index in [0.29, 0.717) is 6.61 Å². The van der Waals surface area contributed by atoms with Crippen molar-refractivity contribution in [3.8, 4) is 0 Å². The van der Waals surface area contributed by atoms with E-state index in [1.165, 1.54) is 0 Å². The number of rotatable bonds is 4. The third kappa shape index (κ3) is 1.29. The minimum atomic E-state index is -1.55. The molecule has 2 bridgehead atoms. The Labute approximate surface area is 70.9 Å². The smallest absolute Gasteiger partial charge is 0.342 e. The molecule has 68 valence electrons. The summed E-state index contributed by atoms with van der Waals surface area (Å²) in [6, 6.07) is 0. The fraction of sp³-hybridized carbons (Fsp3) is 0.667. The predicted molar refractivity (Wildman–Crippen MR) is 39.9 cm³/mol. The highest BCUT2D eigenvalue weighted by molar-refractivity contribution is 7.43. The summed E-state index contributed by atoms with van der Waals surface area (Å²) in [5.74, 6) is -1.55. The van der Waals surface area contributed by atoms with Crippen molar-refractivity contribution in [1.82, 2.24) is 0 Å². The maximum absolute atomic E-state index is 9.36. The molecule has 12 heavy (non-hydrogen) atoms. The molecular formula is C6H9O5P. The molecule has 0 aromatic carbocycles. The molecule has 3 rings (SSSR count). The van der Waals surface area contributed by atoms with Gasteiger partial charge in [0.2, 0.25) is 0 Å². The van der Waals surface area contributed by atoms with Crippen LogP contribution in [-0.4, -0.2) is 30.4 Å². The van der Waals surface area contributed by atoms with Crippen LogP contribution >= 0.6 is 8.60 Å². The minimum Gasteiger partial charge on any atom is -0.374 e. The van der Waals surface area contributed by atoms with E-state index in [1.807, 2.05) is 0 Å². The summed E-state index contributed by atoms with van der Waals surface area (Å²) < 4.78 is 19.9. The zero-order valence-electron chi connectivity index (χ0n) is 6.30. The average Bonchev–Trinajstić information content (AvgIpc) is 2.42. The van der Waals surface area contributed by atoms with Gasteiger partial charge in [0.1, 0.15) is 0 Å². The normalized spacial score (nSPS) is 44.1. The highest BCUT2D eigenvalue weighted by Crippen LogP contribution is 2.66. The molecule has 0 amide bonds. The van der Waals surface area contributed by atoms with E-state index < -0.39 is 20.7 Å². The highest BCUT2D eigenvalue weighted by Gasteiger charge is 2.64. The molecule has 3 fully saturated rings. The van der Waals surface area contributed by atoms with Crippen LogP contribution in [0.25, 0.3) is 0 Å². The first-order valence-electron chi connectivity index (χ1n) is 3.51. The van der Waals surface area contributed by atoms with Crippen LogP contribution in [0.4, 0.5) is 0 Å². The van der Waals surface area contributed by atoms with Gasteiger partial charge in [-0.05, 0) is 0 Å². The lowest BCUT2D eigenvalue weighted by Gasteiger charge is -2.29. The molecule has 0 spiro atoms. The highest BCUT2D eigenvalue weighted by atomic mass is 31.2. The van der Waals surface area contributed by atoms with Crippen LogP contribution in [0, 0.1) is 0 Å². The molecule has 0 aromatic heterocycles. The number of aliphatic hydroxyl groups is 1. The summed E-state index contributed by atoms with van der Waals surface area (Å²) >= 11 is 0. The van der Waals surface area contributed by atoms with Crippen molar-refractivity contribution >= 4 is 8.60 Å². The molecule has 1 N–H and O–H groups in total. The van der Waals surface area contributed by atoms with Gasteiger partial charge in [-0.15, -0.1) is 6.58 Å². The van der Waals surface area contributed by atoms with Gasteiger partial charge in [0, 0.05) is 0 Å². The first-order valence-corrected chi connectivity index (χ1v) is 4.60.